The molecule has 23 heavy (non-hydrogen) atoms. The summed E-state index contributed by atoms with van der Waals surface area (Å²) in [4.78, 5) is 0. The molecule has 0 nitrogen and oxygen atoms in total. The minimum atomic E-state index is 0.317. The van der Waals surface area contributed by atoms with Crippen LogP contribution in [0.25, 0.3) is 0 Å². The van der Waals surface area contributed by atoms with Crippen LogP contribution < -0.4 is 21.2 Å². The molecule has 4 aliphatic rings. The van der Waals surface area contributed by atoms with Gasteiger partial charge in [0.2, 0.25) is 0 Å². The van der Waals surface area contributed by atoms with Crippen LogP contribution in [0.1, 0.15) is 78.6 Å². The van der Waals surface area contributed by atoms with Crippen LogP contribution in [-0.2, 0) is 0 Å². The van der Waals surface area contributed by atoms with Crippen molar-refractivity contribution in [3.63, 3.8) is 0 Å². The second-order valence-corrected chi connectivity index (χ2v) is 12.0. The van der Waals surface area contributed by atoms with E-state index < -0.39 is 0 Å². The van der Waals surface area contributed by atoms with Crippen molar-refractivity contribution in [1.82, 2.24) is 0 Å². The van der Waals surface area contributed by atoms with Gasteiger partial charge in [0.25, 0.3) is 0 Å². The van der Waals surface area contributed by atoms with Crippen LogP contribution in [0.2, 0.25) is 0 Å². The van der Waals surface area contributed by atoms with Crippen LogP contribution in [0.3, 0.4) is 0 Å². The van der Waals surface area contributed by atoms with Crippen molar-refractivity contribution in [3.05, 3.63) is 21.3 Å². The van der Waals surface area contributed by atoms with Gasteiger partial charge in [-0.15, -0.1) is 0 Å². The van der Waals surface area contributed by atoms with Crippen LogP contribution in [-0.4, -0.2) is 4.43 Å². The van der Waals surface area contributed by atoms with Gasteiger partial charge < -0.3 is 0 Å². The van der Waals surface area contributed by atoms with Gasteiger partial charge in [0.15, 0.2) is 0 Å². The Morgan fingerprint density at radius 2 is 1.91 bits per heavy atom. The fourth-order valence-corrected chi connectivity index (χ4v) is 9.84. The molecule has 4 aliphatic carbocycles. The van der Waals surface area contributed by atoms with Gasteiger partial charge >= 0.3 is 154 Å². The summed E-state index contributed by atoms with van der Waals surface area (Å²) < 4.78 is 3.45. The van der Waals surface area contributed by atoms with Gasteiger partial charge in [-0.05, 0) is 0 Å². The molecule has 5 atom stereocenters. The zero-order valence-corrected chi connectivity index (χ0v) is 17.5. The molecule has 0 spiro atoms. The third-order valence-corrected chi connectivity index (χ3v) is 12.0. The van der Waals surface area contributed by atoms with E-state index in [0.717, 1.165) is 17.8 Å². The van der Waals surface area contributed by atoms with Crippen LogP contribution in [0, 0.1) is 28.6 Å². The Morgan fingerprint density at radius 3 is 2.74 bits per heavy atom. The predicted molar refractivity (Wildman–Crippen MR) is 94.9 cm³/mol. The van der Waals surface area contributed by atoms with E-state index in [1.165, 1.54) is 62.2 Å². The molecule has 130 valence electrons. The van der Waals surface area contributed by atoms with Crippen molar-refractivity contribution >= 4 is 0 Å². The molecule has 4 rings (SSSR count). The monoisotopic (exact) mass is 425 g/mol. The Hall–Kier alpha value is 0.210. The molecule has 5 unspecified atom stereocenters. The first kappa shape index (κ1) is 16.7. The van der Waals surface area contributed by atoms with Gasteiger partial charge in [-0.25, -0.2) is 0 Å². The molecule has 0 radical (unpaired) electrons. The SMILES string of the molecule is CCC[I-]C1=CCC2C3CC=C4CCCCC4(C)C3CCC12C. The van der Waals surface area contributed by atoms with Gasteiger partial charge in [-0.3, -0.25) is 0 Å². The molecule has 0 aliphatic heterocycles. The Labute approximate surface area is 153 Å². The molecule has 0 bridgehead atoms. The Balaban J connectivity index is 1.60. The summed E-state index contributed by atoms with van der Waals surface area (Å²) in [5.74, 6) is 2.96. The molecule has 0 aromatic rings. The first-order chi connectivity index (χ1) is 11.1. The van der Waals surface area contributed by atoms with Crippen molar-refractivity contribution in [2.75, 3.05) is 4.43 Å². The number of alkyl halides is 1. The van der Waals surface area contributed by atoms with Gasteiger partial charge in [-0.1, -0.05) is 0 Å². The molecule has 0 aromatic carbocycles. The van der Waals surface area contributed by atoms with Crippen LogP contribution in [0.15, 0.2) is 21.3 Å². The van der Waals surface area contributed by atoms with Crippen molar-refractivity contribution in [1.29, 1.82) is 0 Å². The van der Waals surface area contributed by atoms with E-state index in [2.05, 4.69) is 32.9 Å². The Bertz CT molecular complexity index is 530. The van der Waals surface area contributed by atoms with E-state index in [0.29, 0.717) is 32.0 Å². The van der Waals surface area contributed by atoms with Gasteiger partial charge in [-0.2, -0.15) is 0 Å². The standard InChI is InChI=1S/C22H34I/c1-4-15-23-20-11-10-18-17-9-8-16-7-5-6-13-21(16,2)19(17)12-14-22(18,20)3/h8,11,17-19H,4-7,9-10,12-15H2,1-3H3/q-1. The molecular formula is C22H34I-. The first-order valence-electron chi connectivity index (χ1n) is 10.1. The molecule has 0 saturated heterocycles. The second kappa shape index (κ2) is 6.18. The fraction of sp³-hybridized carbons (Fsp3) is 0.818. The summed E-state index contributed by atoms with van der Waals surface area (Å²) in [6, 6.07) is 0. The Morgan fingerprint density at radius 1 is 1.04 bits per heavy atom. The summed E-state index contributed by atoms with van der Waals surface area (Å²) in [6.45, 7) is 7.67. The molecular weight excluding hydrogens is 391 g/mol. The van der Waals surface area contributed by atoms with E-state index in [9.17, 15) is 0 Å². The molecule has 2 saturated carbocycles. The molecule has 1 heteroatoms. The zero-order valence-electron chi connectivity index (χ0n) is 15.3. The quantitative estimate of drug-likeness (QED) is 0.370. The second-order valence-electron chi connectivity index (χ2n) is 9.03. The minimum absolute atomic E-state index is 0.317. The molecule has 2 fully saturated rings. The van der Waals surface area contributed by atoms with Crippen molar-refractivity contribution in [2.45, 2.75) is 78.6 Å². The molecule has 0 heterocycles. The first-order valence-corrected chi connectivity index (χ1v) is 12.7. The van der Waals surface area contributed by atoms with Crippen molar-refractivity contribution in [3.8, 4) is 0 Å². The zero-order chi connectivity index (χ0) is 16.1. The number of allylic oxidation sites excluding steroid dienone is 4. The number of hydrogen-bond donors (Lipinski definition) is 0. The van der Waals surface area contributed by atoms with Gasteiger partial charge in [0, 0.05) is 0 Å². The summed E-state index contributed by atoms with van der Waals surface area (Å²) in [5.41, 5.74) is 3.03. The van der Waals surface area contributed by atoms with Crippen molar-refractivity contribution in [2.24, 2.45) is 28.6 Å². The van der Waals surface area contributed by atoms with Crippen LogP contribution in [0.5, 0.6) is 0 Å². The number of halogens is 1. The van der Waals surface area contributed by atoms with Gasteiger partial charge in [0.1, 0.15) is 0 Å². The molecule has 0 aromatic heterocycles. The number of fused-ring (bicyclic) bond motifs is 5. The summed E-state index contributed by atoms with van der Waals surface area (Å²) in [5, 5.41) is 0. The summed E-state index contributed by atoms with van der Waals surface area (Å²) in [6.07, 6.45) is 18.5. The predicted octanol–water partition coefficient (Wildman–Crippen LogP) is 3.33. The Kier molecular flexibility index (Phi) is 4.48. The van der Waals surface area contributed by atoms with Crippen LogP contribution in [0.4, 0.5) is 0 Å². The maximum absolute atomic E-state index is 2.72. The number of rotatable bonds is 3. The average Bonchev–Trinajstić information content (AvgIpc) is 2.89. The van der Waals surface area contributed by atoms with E-state index in [4.69, 9.17) is 0 Å². The third kappa shape index (κ3) is 2.50. The normalized spacial score (nSPS) is 45.8. The summed E-state index contributed by atoms with van der Waals surface area (Å²) >= 11 is 0.317. The van der Waals surface area contributed by atoms with Gasteiger partial charge in [0.05, 0.1) is 0 Å². The third-order valence-electron chi connectivity index (χ3n) is 7.93. The van der Waals surface area contributed by atoms with E-state index in [1.807, 2.05) is 9.15 Å². The van der Waals surface area contributed by atoms with Crippen LogP contribution >= 0.6 is 0 Å². The maximum atomic E-state index is 2.72. The average molecular weight is 425 g/mol. The summed E-state index contributed by atoms with van der Waals surface area (Å²) in [7, 11) is 0. The van der Waals surface area contributed by atoms with E-state index in [-0.39, 0.29) is 0 Å². The topological polar surface area (TPSA) is 0 Å². The fourth-order valence-electron chi connectivity index (χ4n) is 6.62. The molecule has 0 amide bonds. The molecule has 0 N–H and O–H groups in total. The number of hydrogen-bond acceptors (Lipinski definition) is 0. The van der Waals surface area contributed by atoms with E-state index in [1.54, 1.807) is 0 Å². The van der Waals surface area contributed by atoms with Crippen molar-refractivity contribution < 1.29 is 21.2 Å². The van der Waals surface area contributed by atoms with E-state index >= 15 is 0 Å².